The third-order valence-electron chi connectivity index (χ3n) is 5.50. The van der Waals surface area contributed by atoms with E-state index >= 15 is 0 Å². The van der Waals surface area contributed by atoms with Crippen LogP contribution in [0.4, 0.5) is 13.2 Å². The van der Waals surface area contributed by atoms with E-state index in [0.29, 0.717) is 44.8 Å². The number of hydrogen-bond donors (Lipinski definition) is 0. The lowest BCUT2D eigenvalue weighted by molar-refractivity contribution is -0.137. The zero-order chi connectivity index (χ0) is 21.9. The Morgan fingerprint density at radius 1 is 1.17 bits per heavy atom. The fourth-order valence-corrected chi connectivity index (χ4v) is 5.75. The standard InChI is InChI=1S/C21H27F3N2O3S/c1-2-3-4-8-20(27)25-13-11-18(12-14-25)26(17-9-10-17)30(28,29)19-7-5-6-16(15-19)21(22,23)24/h4-8,15,17-18H,2-3,9-14H2,1H3/b8-4+. The molecule has 2 aliphatic rings. The summed E-state index contributed by atoms with van der Waals surface area (Å²) < 4.78 is 67.1. The maximum Gasteiger partial charge on any atom is 0.416 e. The summed E-state index contributed by atoms with van der Waals surface area (Å²) in [5, 5.41) is 0. The van der Waals surface area contributed by atoms with Crippen LogP contribution in [-0.4, -0.2) is 48.7 Å². The number of hydrogen-bond acceptors (Lipinski definition) is 3. The number of alkyl halides is 3. The summed E-state index contributed by atoms with van der Waals surface area (Å²) >= 11 is 0. The van der Waals surface area contributed by atoms with Crippen LogP contribution in [0.25, 0.3) is 0 Å². The molecular formula is C21H27F3N2O3S. The quantitative estimate of drug-likeness (QED) is 0.592. The van der Waals surface area contributed by atoms with E-state index in [1.165, 1.54) is 10.4 Å². The highest BCUT2D eigenvalue weighted by Crippen LogP contribution is 2.38. The molecule has 0 atom stereocenters. The van der Waals surface area contributed by atoms with Crippen molar-refractivity contribution >= 4 is 15.9 Å². The monoisotopic (exact) mass is 444 g/mol. The molecule has 0 radical (unpaired) electrons. The summed E-state index contributed by atoms with van der Waals surface area (Å²) in [6.45, 7) is 2.89. The van der Waals surface area contributed by atoms with Gasteiger partial charge < -0.3 is 4.90 Å². The second-order valence-electron chi connectivity index (χ2n) is 7.84. The van der Waals surface area contributed by atoms with E-state index in [-0.39, 0.29) is 22.9 Å². The number of benzene rings is 1. The van der Waals surface area contributed by atoms with Crippen LogP contribution in [0.2, 0.25) is 0 Å². The fourth-order valence-electron chi connectivity index (χ4n) is 3.77. The first kappa shape index (κ1) is 22.8. The molecule has 5 nitrogen and oxygen atoms in total. The van der Waals surface area contributed by atoms with Gasteiger partial charge in [0.1, 0.15) is 0 Å². The van der Waals surface area contributed by atoms with Crippen LogP contribution in [0.5, 0.6) is 0 Å². The Morgan fingerprint density at radius 3 is 2.37 bits per heavy atom. The molecule has 1 aliphatic carbocycles. The first-order valence-corrected chi connectivity index (χ1v) is 11.7. The van der Waals surface area contributed by atoms with E-state index in [2.05, 4.69) is 0 Å². The number of likely N-dealkylation sites (tertiary alicyclic amines) is 1. The molecule has 1 amide bonds. The van der Waals surface area contributed by atoms with Gasteiger partial charge >= 0.3 is 6.18 Å². The van der Waals surface area contributed by atoms with Gasteiger partial charge in [-0.1, -0.05) is 25.5 Å². The number of piperidine rings is 1. The molecule has 30 heavy (non-hydrogen) atoms. The summed E-state index contributed by atoms with van der Waals surface area (Å²) in [4.78, 5) is 13.6. The van der Waals surface area contributed by atoms with Crippen LogP contribution < -0.4 is 0 Å². The number of carbonyl (C=O) groups is 1. The smallest absolute Gasteiger partial charge is 0.339 e. The van der Waals surface area contributed by atoms with Gasteiger partial charge in [-0.3, -0.25) is 4.79 Å². The number of rotatable bonds is 7. The maximum absolute atomic E-state index is 13.2. The molecule has 1 saturated carbocycles. The second-order valence-corrected chi connectivity index (χ2v) is 9.68. The summed E-state index contributed by atoms with van der Waals surface area (Å²) in [5.41, 5.74) is -0.974. The Bertz CT molecular complexity index is 887. The Hall–Kier alpha value is -1.87. The summed E-state index contributed by atoms with van der Waals surface area (Å²) in [6, 6.07) is 3.43. The normalized spacial score (nSPS) is 19.0. The van der Waals surface area contributed by atoms with Crippen LogP contribution >= 0.6 is 0 Å². The maximum atomic E-state index is 13.2. The van der Waals surface area contributed by atoms with Crippen molar-refractivity contribution in [2.45, 2.75) is 68.6 Å². The predicted molar refractivity (Wildman–Crippen MR) is 107 cm³/mol. The first-order valence-electron chi connectivity index (χ1n) is 10.3. The van der Waals surface area contributed by atoms with E-state index in [1.807, 2.05) is 13.0 Å². The molecule has 0 aromatic heterocycles. The van der Waals surface area contributed by atoms with Gasteiger partial charge in [-0.05, 0) is 56.4 Å². The molecule has 1 heterocycles. The molecular weight excluding hydrogens is 417 g/mol. The molecule has 0 spiro atoms. The van der Waals surface area contributed by atoms with Crippen molar-refractivity contribution < 1.29 is 26.4 Å². The van der Waals surface area contributed by atoms with Gasteiger partial charge in [0, 0.05) is 25.2 Å². The Kier molecular flexibility index (Phi) is 6.91. The largest absolute Gasteiger partial charge is 0.416 e. The van der Waals surface area contributed by atoms with Gasteiger partial charge in [0.05, 0.1) is 10.5 Å². The summed E-state index contributed by atoms with van der Waals surface area (Å²) in [6.07, 6.45) is 2.93. The number of unbranched alkanes of at least 4 members (excludes halogenated alkanes) is 1. The lowest BCUT2D eigenvalue weighted by Gasteiger charge is -2.37. The Labute approximate surface area is 175 Å². The van der Waals surface area contributed by atoms with Crippen molar-refractivity contribution in [3.8, 4) is 0 Å². The van der Waals surface area contributed by atoms with Crippen molar-refractivity contribution in [2.75, 3.05) is 13.1 Å². The van der Waals surface area contributed by atoms with Gasteiger partial charge in [0.25, 0.3) is 0 Å². The average molecular weight is 445 g/mol. The Balaban J connectivity index is 1.75. The highest BCUT2D eigenvalue weighted by atomic mass is 32.2. The van der Waals surface area contributed by atoms with Crippen molar-refractivity contribution in [3.63, 3.8) is 0 Å². The van der Waals surface area contributed by atoms with Crippen LogP contribution in [0, 0.1) is 0 Å². The molecule has 2 fully saturated rings. The molecule has 0 unspecified atom stereocenters. The molecule has 1 aromatic carbocycles. The molecule has 3 rings (SSSR count). The topological polar surface area (TPSA) is 57.7 Å². The van der Waals surface area contributed by atoms with E-state index in [9.17, 15) is 26.4 Å². The van der Waals surface area contributed by atoms with E-state index in [0.717, 1.165) is 25.0 Å². The van der Waals surface area contributed by atoms with Gasteiger partial charge in [0.15, 0.2) is 0 Å². The van der Waals surface area contributed by atoms with E-state index in [4.69, 9.17) is 0 Å². The number of sulfonamides is 1. The molecule has 1 aliphatic heterocycles. The van der Waals surface area contributed by atoms with Crippen molar-refractivity contribution in [1.82, 2.24) is 9.21 Å². The predicted octanol–water partition coefficient (Wildman–Crippen LogP) is 4.21. The molecule has 0 bridgehead atoms. The van der Waals surface area contributed by atoms with Crippen molar-refractivity contribution in [2.24, 2.45) is 0 Å². The molecule has 0 N–H and O–H groups in total. The lowest BCUT2D eigenvalue weighted by Crippen LogP contribution is -2.49. The number of carbonyl (C=O) groups excluding carboxylic acids is 1. The zero-order valence-corrected chi connectivity index (χ0v) is 17.8. The SMILES string of the molecule is CCC/C=C/C(=O)N1CCC(N(C2CC2)S(=O)(=O)c2cccc(C(F)(F)F)c2)CC1. The highest BCUT2D eigenvalue weighted by Gasteiger charge is 2.44. The number of halogens is 3. The van der Waals surface area contributed by atoms with Crippen LogP contribution in [0.15, 0.2) is 41.3 Å². The fraction of sp³-hybridized carbons (Fsp3) is 0.571. The Morgan fingerprint density at radius 2 is 1.80 bits per heavy atom. The summed E-state index contributed by atoms with van der Waals surface area (Å²) in [7, 11) is -4.06. The number of nitrogens with zero attached hydrogens (tertiary/aromatic N) is 2. The molecule has 166 valence electrons. The van der Waals surface area contributed by atoms with E-state index < -0.39 is 21.8 Å². The van der Waals surface area contributed by atoms with Gasteiger partial charge in [-0.15, -0.1) is 0 Å². The highest BCUT2D eigenvalue weighted by molar-refractivity contribution is 7.89. The third kappa shape index (κ3) is 5.24. The summed E-state index contributed by atoms with van der Waals surface area (Å²) in [5.74, 6) is -0.0828. The second kappa shape index (κ2) is 9.09. The van der Waals surface area contributed by atoms with Crippen molar-refractivity contribution in [1.29, 1.82) is 0 Å². The van der Waals surface area contributed by atoms with Gasteiger partial charge in [-0.2, -0.15) is 17.5 Å². The lowest BCUT2D eigenvalue weighted by atomic mass is 10.0. The average Bonchev–Trinajstić information content (AvgIpc) is 3.53. The zero-order valence-electron chi connectivity index (χ0n) is 16.9. The van der Waals surface area contributed by atoms with Gasteiger partial charge in [0.2, 0.25) is 15.9 Å². The molecule has 9 heteroatoms. The third-order valence-corrected chi connectivity index (χ3v) is 7.50. The molecule has 1 aromatic rings. The number of allylic oxidation sites excluding steroid dienone is 1. The number of amides is 1. The first-order chi connectivity index (χ1) is 14.1. The molecule has 1 saturated heterocycles. The van der Waals surface area contributed by atoms with Crippen molar-refractivity contribution in [3.05, 3.63) is 42.0 Å². The van der Waals surface area contributed by atoms with Crippen LogP contribution in [0.3, 0.4) is 0 Å². The minimum absolute atomic E-state index is 0.0828. The minimum atomic E-state index is -4.60. The minimum Gasteiger partial charge on any atom is -0.339 e. The van der Waals surface area contributed by atoms with E-state index in [1.54, 1.807) is 11.0 Å². The van der Waals surface area contributed by atoms with Gasteiger partial charge in [-0.25, -0.2) is 8.42 Å². The van der Waals surface area contributed by atoms with Crippen LogP contribution in [0.1, 0.15) is 51.0 Å². The van der Waals surface area contributed by atoms with Crippen LogP contribution in [-0.2, 0) is 21.0 Å².